The van der Waals surface area contributed by atoms with Gasteiger partial charge in [0.15, 0.2) is 5.58 Å². The molecule has 1 heterocycles. The van der Waals surface area contributed by atoms with Gasteiger partial charge in [0.05, 0.1) is 35.7 Å². The lowest BCUT2D eigenvalue weighted by atomic mass is 10.0. The molecule has 1 saturated carbocycles. The predicted molar refractivity (Wildman–Crippen MR) is 97.5 cm³/mol. The molecule has 1 aromatic heterocycles. The van der Waals surface area contributed by atoms with Crippen molar-refractivity contribution in [2.75, 3.05) is 7.11 Å². The lowest BCUT2D eigenvalue weighted by Gasteiger charge is -2.14. The fourth-order valence-corrected chi connectivity index (χ4v) is 3.85. The van der Waals surface area contributed by atoms with Crippen LogP contribution in [0.1, 0.15) is 42.4 Å². The maximum Gasteiger partial charge on any atom is 0.340 e. The van der Waals surface area contributed by atoms with E-state index in [2.05, 4.69) is 10.1 Å². The molecule has 0 amide bonds. The number of carbonyl (C=O) groups excluding carboxylic acids is 1. The molecule has 3 rings (SSSR count). The Labute approximate surface area is 168 Å². The first-order valence-electron chi connectivity index (χ1n) is 8.79. The smallest absolute Gasteiger partial charge is 0.340 e. The summed E-state index contributed by atoms with van der Waals surface area (Å²) in [6.07, 6.45) is 4.56. The van der Waals surface area contributed by atoms with Crippen molar-refractivity contribution in [2.45, 2.75) is 51.6 Å². The summed E-state index contributed by atoms with van der Waals surface area (Å²) in [6.45, 7) is 2.22. The van der Waals surface area contributed by atoms with Gasteiger partial charge in [0.1, 0.15) is 12.3 Å². The quantitative estimate of drug-likeness (QED) is 0.491. The number of benzene rings is 1. The molecule has 8 heteroatoms. The first-order valence-corrected chi connectivity index (χ1v) is 9.17. The van der Waals surface area contributed by atoms with Crippen molar-refractivity contribution < 1.29 is 36.8 Å². The number of esters is 1. The Balaban J connectivity index is 0.00000261. The van der Waals surface area contributed by atoms with Gasteiger partial charge < -0.3 is 32.0 Å². The number of fused-ring (bicyclic) bond motifs is 1. The van der Waals surface area contributed by atoms with E-state index in [9.17, 15) is 14.7 Å². The zero-order valence-electron chi connectivity index (χ0n) is 15.3. The van der Waals surface area contributed by atoms with Crippen LogP contribution in [-0.4, -0.2) is 24.2 Å². The number of halogens is 2. The normalized spacial score (nSPS) is 14.3. The number of hydrogen-bond acceptors (Lipinski definition) is 5. The van der Waals surface area contributed by atoms with E-state index in [1.54, 1.807) is 13.0 Å². The number of nitrogens with two attached hydrogens (primary N) is 1. The molecular weight excluding hydrogens is 393 g/mol. The van der Waals surface area contributed by atoms with Gasteiger partial charge in [-0.15, -0.1) is 0 Å². The Morgan fingerprint density at radius 3 is 2.67 bits per heavy atom. The summed E-state index contributed by atoms with van der Waals surface area (Å²) in [5.41, 5.74) is 1.12. The zero-order chi connectivity index (χ0) is 18.8. The van der Waals surface area contributed by atoms with Crippen molar-refractivity contribution in [3.05, 3.63) is 38.2 Å². The minimum atomic E-state index is -0.593. The first-order chi connectivity index (χ1) is 12.4. The number of aromatic hydroxyl groups is 1. The van der Waals surface area contributed by atoms with E-state index >= 15 is 0 Å². The van der Waals surface area contributed by atoms with Gasteiger partial charge in [-0.1, -0.05) is 11.6 Å². The van der Waals surface area contributed by atoms with Gasteiger partial charge in [0.2, 0.25) is 0 Å². The number of quaternary nitrogens is 1. The van der Waals surface area contributed by atoms with E-state index in [1.165, 1.54) is 20.0 Å². The average molecular weight is 416 g/mol. The molecule has 2 aromatic rings. The molecule has 1 fully saturated rings. The Kier molecular flexibility index (Phi) is 7.14. The Morgan fingerprint density at radius 1 is 1.37 bits per heavy atom. The minimum Gasteiger partial charge on any atom is -1.00 e. The summed E-state index contributed by atoms with van der Waals surface area (Å²) < 4.78 is 10.1. The number of ether oxygens (including phenoxy) is 1. The van der Waals surface area contributed by atoms with Crippen molar-refractivity contribution in [2.24, 2.45) is 0 Å². The highest BCUT2D eigenvalue weighted by Crippen LogP contribution is 2.35. The van der Waals surface area contributed by atoms with Crippen molar-refractivity contribution in [3.8, 4) is 5.75 Å². The average Bonchev–Trinajstić information content (AvgIpc) is 3.13. The number of phenolic OH excluding ortho intramolecular Hbond substituents is 1. The second kappa shape index (κ2) is 8.95. The highest BCUT2D eigenvalue weighted by Gasteiger charge is 2.24. The van der Waals surface area contributed by atoms with Crippen LogP contribution in [0.25, 0.3) is 11.0 Å². The van der Waals surface area contributed by atoms with E-state index in [0.29, 0.717) is 34.7 Å². The van der Waals surface area contributed by atoms with Gasteiger partial charge in [-0.3, -0.25) is 4.79 Å². The van der Waals surface area contributed by atoms with Crippen LogP contribution < -0.4 is 23.3 Å². The fourth-order valence-electron chi connectivity index (χ4n) is 3.63. The van der Waals surface area contributed by atoms with Crippen molar-refractivity contribution in [3.63, 3.8) is 0 Å². The minimum absolute atomic E-state index is 0. The Morgan fingerprint density at radius 2 is 2.04 bits per heavy atom. The molecule has 1 aliphatic rings. The highest BCUT2D eigenvalue weighted by atomic mass is 35.5. The standard InChI is InChI=1S/C19H22ClNO5.ClH/c1-10-12-7-15(20)17(23)14(9-21-11-5-3-4-6-11)18(12)26-19(24)13(10)8-16(22)25-2;/h7,11,21,23H,3-6,8-9H2,1-2H3;1H. The molecule has 27 heavy (non-hydrogen) atoms. The lowest BCUT2D eigenvalue weighted by Crippen LogP contribution is -3.00. The maximum atomic E-state index is 12.4. The molecular formula is C19H23Cl2NO5. The zero-order valence-corrected chi connectivity index (χ0v) is 16.8. The van der Waals surface area contributed by atoms with Crippen molar-refractivity contribution >= 4 is 28.5 Å². The number of methoxy groups -OCH3 is 1. The van der Waals surface area contributed by atoms with E-state index in [-0.39, 0.29) is 35.2 Å². The molecule has 0 radical (unpaired) electrons. The van der Waals surface area contributed by atoms with Gasteiger partial charge in [-0.2, -0.15) is 0 Å². The lowest BCUT2D eigenvalue weighted by molar-refractivity contribution is -0.703. The van der Waals surface area contributed by atoms with Crippen LogP contribution in [0, 0.1) is 6.92 Å². The van der Waals surface area contributed by atoms with Crippen LogP contribution >= 0.6 is 11.6 Å². The van der Waals surface area contributed by atoms with E-state index < -0.39 is 11.6 Å². The first kappa shape index (κ1) is 21.5. The summed E-state index contributed by atoms with van der Waals surface area (Å²) in [5, 5.41) is 13.4. The van der Waals surface area contributed by atoms with Gasteiger partial charge in [0.25, 0.3) is 0 Å². The molecule has 1 aliphatic carbocycles. The second-order valence-electron chi connectivity index (χ2n) is 6.79. The molecule has 0 aliphatic heterocycles. The number of aryl methyl sites for hydroxylation is 1. The van der Waals surface area contributed by atoms with E-state index in [4.69, 9.17) is 16.0 Å². The summed E-state index contributed by atoms with van der Waals surface area (Å²) in [6, 6.07) is 2.08. The molecule has 0 bridgehead atoms. The number of hydrogen-bond donors (Lipinski definition) is 2. The summed E-state index contributed by atoms with van der Waals surface area (Å²) in [7, 11) is 1.27. The SMILES string of the molecule is COC(=O)Cc1c(C)c2cc(Cl)c(O)c(C[NH2+]C3CCCC3)c2oc1=O.[Cl-]. The van der Waals surface area contributed by atoms with Crippen LogP contribution in [0.4, 0.5) is 0 Å². The van der Waals surface area contributed by atoms with Crippen LogP contribution in [0.3, 0.4) is 0 Å². The highest BCUT2D eigenvalue weighted by molar-refractivity contribution is 6.33. The molecule has 3 N–H and O–H groups in total. The number of carbonyl (C=O) groups is 1. The van der Waals surface area contributed by atoms with Crippen LogP contribution in [0.5, 0.6) is 5.75 Å². The third-order valence-electron chi connectivity index (χ3n) is 5.20. The number of phenols is 1. The molecule has 1 aromatic carbocycles. The van der Waals surface area contributed by atoms with Gasteiger partial charge >= 0.3 is 11.6 Å². The van der Waals surface area contributed by atoms with E-state index in [0.717, 1.165) is 12.8 Å². The molecule has 0 unspecified atom stereocenters. The van der Waals surface area contributed by atoms with Crippen LogP contribution in [-0.2, 0) is 22.5 Å². The summed E-state index contributed by atoms with van der Waals surface area (Å²) >= 11 is 6.21. The van der Waals surface area contributed by atoms with Crippen molar-refractivity contribution in [1.29, 1.82) is 0 Å². The van der Waals surface area contributed by atoms with E-state index in [1.807, 2.05) is 0 Å². The second-order valence-corrected chi connectivity index (χ2v) is 7.20. The Hall–Kier alpha value is -1.76. The largest absolute Gasteiger partial charge is 1.00 e. The topological polar surface area (TPSA) is 93.3 Å². The molecule has 6 nitrogen and oxygen atoms in total. The molecule has 0 atom stereocenters. The van der Waals surface area contributed by atoms with Gasteiger partial charge in [-0.25, -0.2) is 4.79 Å². The summed E-state index contributed by atoms with van der Waals surface area (Å²) in [4.78, 5) is 24.0. The molecule has 148 valence electrons. The van der Waals surface area contributed by atoms with Gasteiger partial charge in [0, 0.05) is 5.39 Å². The fraction of sp³-hybridized carbons (Fsp3) is 0.474. The molecule has 0 saturated heterocycles. The predicted octanol–water partition coefficient (Wildman–Crippen LogP) is -0.814. The monoisotopic (exact) mass is 415 g/mol. The summed E-state index contributed by atoms with van der Waals surface area (Å²) in [5.74, 6) is -0.573. The maximum absolute atomic E-state index is 12.4. The number of rotatable bonds is 5. The van der Waals surface area contributed by atoms with Crippen molar-refractivity contribution in [1.82, 2.24) is 0 Å². The third kappa shape index (κ3) is 4.39. The van der Waals surface area contributed by atoms with Crippen LogP contribution in [0.15, 0.2) is 15.3 Å². The van der Waals surface area contributed by atoms with Gasteiger partial charge in [-0.05, 0) is 44.2 Å². The molecule has 0 spiro atoms. The Bertz CT molecular complexity index is 903. The third-order valence-corrected chi connectivity index (χ3v) is 5.49. The van der Waals surface area contributed by atoms with Crippen LogP contribution in [0.2, 0.25) is 5.02 Å².